The molecule has 1 aliphatic carbocycles. The molecule has 1 aliphatic rings. The summed E-state index contributed by atoms with van der Waals surface area (Å²) in [4.78, 5) is 0. The standard InChI is InChI=1S/C8H10F3Ge.3C4H10N.Zr/c1-12(2,8(9,10)11)7-5-3-4-6-7;3*1-2-3-4-5;/h3,5H,4H2,1-2H3;3*5H,2-4H2,1H3;/q;3*-1;+3. The van der Waals surface area contributed by atoms with Crippen molar-refractivity contribution in [1.29, 1.82) is 0 Å². The second-order valence-electron chi connectivity index (χ2n) is 8.21. The van der Waals surface area contributed by atoms with Crippen molar-refractivity contribution in [3.8, 4) is 0 Å². The molecule has 0 aliphatic heterocycles. The van der Waals surface area contributed by atoms with E-state index in [9.17, 15) is 13.2 Å². The Morgan fingerprint density at radius 1 is 0.893 bits per heavy atom. The fourth-order valence-corrected chi connectivity index (χ4v) is 22.1. The molecule has 0 saturated heterocycles. The summed E-state index contributed by atoms with van der Waals surface area (Å²) in [5.74, 6) is 3.01. The molecular weight excluding hydrogens is 503 g/mol. The Hall–Kier alpha value is 0.576. The third-order valence-electron chi connectivity index (χ3n) is 5.53. The van der Waals surface area contributed by atoms with Crippen molar-refractivity contribution in [2.75, 3.05) is 19.6 Å². The average Bonchev–Trinajstić information content (AvgIpc) is 3.12. The molecule has 0 aromatic heterocycles. The summed E-state index contributed by atoms with van der Waals surface area (Å²) in [6.45, 7) is 9.04. The first-order valence-electron chi connectivity index (χ1n) is 10.9. The number of unbranched alkanes of at least 4 members (excludes halogenated alkanes) is 3. The van der Waals surface area contributed by atoms with Gasteiger partial charge in [-0.3, -0.25) is 0 Å². The molecule has 0 radical (unpaired) electrons. The molecule has 0 fully saturated rings. The van der Waals surface area contributed by atoms with E-state index in [0.717, 1.165) is 61.4 Å². The van der Waals surface area contributed by atoms with Crippen molar-refractivity contribution < 1.29 is 34.3 Å². The SMILES string of the molecule is CCCC[NH][Zr]([NH]CCCC)([NH]CCCC)[C]1=[C]([Ge]([CH3])([CH3])[C](F)(F)F)C=CC1. The molecule has 0 spiro atoms. The van der Waals surface area contributed by atoms with E-state index in [1.54, 1.807) is 6.08 Å². The maximum atomic E-state index is 13.9. The summed E-state index contributed by atoms with van der Waals surface area (Å²) in [6.07, 6.45) is 10.8. The average molecular weight is 543 g/mol. The van der Waals surface area contributed by atoms with E-state index in [1.807, 2.05) is 6.08 Å². The zero-order valence-electron chi connectivity index (χ0n) is 18.4. The molecule has 0 bridgehead atoms. The molecule has 0 saturated carbocycles. The molecule has 3 N–H and O–H groups in total. The molecule has 0 aromatic carbocycles. The zero-order valence-corrected chi connectivity index (χ0v) is 22.9. The van der Waals surface area contributed by atoms with Crippen LogP contribution >= 0.6 is 0 Å². The Morgan fingerprint density at radius 2 is 1.32 bits per heavy atom. The molecular formula is C20H40F3GeN3Zr. The Balaban J connectivity index is 3.36. The number of rotatable bonds is 14. The normalized spacial score (nSPS) is 15.7. The molecule has 1 rings (SSSR count). The summed E-state index contributed by atoms with van der Waals surface area (Å²) >= 11 is -7.72. The van der Waals surface area contributed by atoms with Gasteiger partial charge in [0.1, 0.15) is 0 Å². The van der Waals surface area contributed by atoms with Gasteiger partial charge in [0.25, 0.3) is 0 Å². The number of nitrogens with one attached hydrogen (secondary N) is 3. The van der Waals surface area contributed by atoms with Gasteiger partial charge in [0.15, 0.2) is 0 Å². The molecule has 0 heterocycles. The van der Waals surface area contributed by atoms with E-state index in [4.69, 9.17) is 0 Å². The van der Waals surface area contributed by atoms with Crippen LogP contribution in [0.4, 0.5) is 13.2 Å². The number of halogens is 3. The van der Waals surface area contributed by atoms with Gasteiger partial charge in [0, 0.05) is 0 Å². The van der Waals surface area contributed by atoms with Gasteiger partial charge < -0.3 is 0 Å². The Bertz CT molecular complexity index is 507. The number of hydrogen-bond acceptors (Lipinski definition) is 3. The van der Waals surface area contributed by atoms with Gasteiger partial charge in [0.05, 0.1) is 0 Å². The van der Waals surface area contributed by atoms with Gasteiger partial charge >= 0.3 is 179 Å². The van der Waals surface area contributed by atoms with Crippen LogP contribution in [0.25, 0.3) is 0 Å². The van der Waals surface area contributed by atoms with Crippen molar-refractivity contribution in [2.45, 2.75) is 82.2 Å². The van der Waals surface area contributed by atoms with Crippen molar-refractivity contribution in [3.05, 3.63) is 19.8 Å². The summed E-state index contributed by atoms with van der Waals surface area (Å²) < 4.78 is 55.0. The monoisotopic (exact) mass is 543 g/mol. The summed E-state index contributed by atoms with van der Waals surface area (Å²) in [7, 11) is 0. The van der Waals surface area contributed by atoms with Crippen molar-refractivity contribution in [2.24, 2.45) is 0 Å². The van der Waals surface area contributed by atoms with Gasteiger partial charge in [-0.15, -0.1) is 0 Å². The molecule has 3 nitrogen and oxygen atoms in total. The molecule has 164 valence electrons. The summed E-state index contributed by atoms with van der Waals surface area (Å²) in [5, 5.41) is -4.08. The maximum absolute atomic E-state index is 13.9. The van der Waals surface area contributed by atoms with Crippen LogP contribution in [-0.4, -0.2) is 37.9 Å². The van der Waals surface area contributed by atoms with Crippen LogP contribution in [0.15, 0.2) is 19.8 Å². The first kappa shape index (κ1) is 26.6. The predicted octanol–water partition coefficient (Wildman–Crippen LogP) is 5.62. The van der Waals surface area contributed by atoms with Crippen molar-refractivity contribution in [1.82, 2.24) is 9.78 Å². The van der Waals surface area contributed by atoms with E-state index >= 15 is 0 Å². The quantitative estimate of drug-likeness (QED) is 0.197. The van der Waals surface area contributed by atoms with Crippen LogP contribution in [0.2, 0.25) is 11.5 Å². The van der Waals surface area contributed by atoms with Gasteiger partial charge in [-0.2, -0.15) is 0 Å². The predicted molar refractivity (Wildman–Crippen MR) is 113 cm³/mol. The Kier molecular flexibility index (Phi) is 11.8. The minimum atomic E-state index is -4.16. The topological polar surface area (TPSA) is 36.1 Å². The number of hydrogen-bond donors (Lipinski definition) is 3. The van der Waals surface area contributed by atoms with Crippen LogP contribution in [0, 0.1) is 0 Å². The molecule has 28 heavy (non-hydrogen) atoms. The van der Waals surface area contributed by atoms with Gasteiger partial charge in [-0.25, -0.2) is 0 Å². The Labute approximate surface area is 178 Å². The van der Waals surface area contributed by atoms with Crippen molar-refractivity contribution in [3.63, 3.8) is 0 Å². The first-order valence-corrected chi connectivity index (χ1v) is 22.1. The second-order valence-corrected chi connectivity index (χ2v) is 25.1. The van der Waals surface area contributed by atoms with Crippen LogP contribution < -0.4 is 9.78 Å². The van der Waals surface area contributed by atoms with Gasteiger partial charge in [0.2, 0.25) is 0 Å². The van der Waals surface area contributed by atoms with Gasteiger partial charge in [-0.05, 0) is 0 Å². The molecule has 0 atom stereocenters. The third kappa shape index (κ3) is 7.07. The van der Waals surface area contributed by atoms with Crippen LogP contribution in [0.5, 0.6) is 0 Å². The summed E-state index contributed by atoms with van der Waals surface area (Å²) in [6, 6.07) is 0. The Morgan fingerprint density at radius 3 is 1.68 bits per heavy atom. The van der Waals surface area contributed by atoms with Crippen LogP contribution in [0.3, 0.4) is 0 Å². The molecule has 0 aromatic rings. The number of allylic oxidation sites excluding steroid dienone is 4. The zero-order chi connectivity index (χ0) is 21.3. The molecule has 8 heteroatoms. The molecule has 0 amide bonds. The summed E-state index contributed by atoms with van der Waals surface area (Å²) in [5.41, 5.74) is 0. The van der Waals surface area contributed by atoms with Crippen LogP contribution in [0.1, 0.15) is 65.7 Å². The number of alkyl halides is 3. The van der Waals surface area contributed by atoms with Crippen LogP contribution in [-0.2, 0) is 21.1 Å². The van der Waals surface area contributed by atoms with E-state index in [1.165, 1.54) is 11.5 Å². The minimum absolute atomic E-state index is 0.653. The first-order chi connectivity index (χ1) is 13.2. The van der Waals surface area contributed by atoms with Crippen molar-refractivity contribution >= 4 is 13.3 Å². The fourth-order valence-electron chi connectivity index (χ4n) is 3.46. The van der Waals surface area contributed by atoms with E-state index in [-0.39, 0.29) is 0 Å². The van der Waals surface area contributed by atoms with E-state index < -0.39 is 39.4 Å². The second kappa shape index (κ2) is 12.4. The molecule has 0 unspecified atom stereocenters. The third-order valence-corrected chi connectivity index (χ3v) is 22.7. The van der Waals surface area contributed by atoms with Gasteiger partial charge in [-0.1, -0.05) is 0 Å². The fraction of sp³-hybridized carbons (Fsp3) is 0.800. The van der Waals surface area contributed by atoms with E-state index in [2.05, 4.69) is 30.6 Å². The van der Waals surface area contributed by atoms with E-state index in [0.29, 0.717) is 10.8 Å².